The first kappa shape index (κ1) is 32.3. The molecule has 3 N–H and O–H groups in total. The fourth-order valence-corrected chi connectivity index (χ4v) is 6.05. The third kappa shape index (κ3) is 6.81. The van der Waals surface area contributed by atoms with E-state index in [0.717, 1.165) is 17.4 Å². The van der Waals surface area contributed by atoms with Crippen molar-refractivity contribution in [3.63, 3.8) is 0 Å². The van der Waals surface area contributed by atoms with Crippen molar-refractivity contribution in [2.24, 2.45) is 0 Å². The largest absolute Gasteiger partial charge is 0.485 e. The van der Waals surface area contributed by atoms with Crippen LogP contribution < -0.4 is 23.8 Å². The first-order valence-corrected chi connectivity index (χ1v) is 14.6. The number of aromatic nitrogens is 2. The molecule has 1 amide bonds. The fourth-order valence-electron chi connectivity index (χ4n) is 3.68. The number of nitrogens with zero attached hydrogens (tertiary/aromatic N) is 3. The summed E-state index contributed by atoms with van der Waals surface area (Å²) in [7, 11) is -7.53. The number of benzene rings is 1. The minimum Gasteiger partial charge on any atom is -0.485 e. The first-order valence-electron chi connectivity index (χ1n) is 11.6. The van der Waals surface area contributed by atoms with Gasteiger partial charge in [-0.15, -0.1) is 0 Å². The Balaban J connectivity index is 2.06. The second-order valence-electron chi connectivity index (χ2n) is 9.30. The van der Waals surface area contributed by atoms with E-state index in [4.69, 9.17) is 4.74 Å². The molecule has 1 aromatic heterocycles. The molecule has 41 heavy (non-hydrogen) atoms. The third-order valence-corrected chi connectivity index (χ3v) is 9.10. The molecule has 3 rings (SSSR count). The molecule has 0 spiro atoms. The molecule has 0 aliphatic carbocycles. The molecule has 230 valence electrons. The number of anilines is 2. The molecule has 1 aliphatic rings. The van der Waals surface area contributed by atoms with Crippen molar-refractivity contribution in [3.8, 4) is 5.75 Å². The van der Waals surface area contributed by atoms with Gasteiger partial charge in [-0.2, -0.15) is 40.2 Å². The van der Waals surface area contributed by atoms with E-state index in [-0.39, 0.29) is 27.5 Å². The maximum absolute atomic E-state index is 13.8. The number of halogens is 5. The Morgan fingerprint density at radius 3 is 2.37 bits per heavy atom. The molecule has 0 bridgehead atoms. The molecule has 0 saturated carbocycles. The highest BCUT2D eigenvalue weighted by molar-refractivity contribution is 7.93. The standard InChI is InChI=1S/C21H27F5N6O7S2/c1-11-17(10-31(30-11)18(22)23)40(34,35)32-12(2)16(9-28-41(36,37)27-5)38-15-7-6-13(8-14(15)32)29-19(33)39-20(3,4)21(24,25)26/h6-8,10,12,16,18,27-28H,9H2,1-5H3,(H,29,33)/t12-,16+/m1/s1. The molecule has 1 aromatic carbocycles. The van der Waals surface area contributed by atoms with Crippen molar-refractivity contribution >= 4 is 37.7 Å². The van der Waals surface area contributed by atoms with Crippen LogP contribution in [0.15, 0.2) is 29.3 Å². The number of alkyl halides is 5. The lowest BCUT2D eigenvalue weighted by Gasteiger charge is -2.41. The van der Waals surface area contributed by atoms with Gasteiger partial charge in [0.05, 0.1) is 30.2 Å². The molecule has 0 unspecified atom stereocenters. The molecule has 2 atom stereocenters. The van der Waals surface area contributed by atoms with Crippen molar-refractivity contribution < 1.29 is 53.1 Å². The van der Waals surface area contributed by atoms with Gasteiger partial charge in [0.1, 0.15) is 16.7 Å². The number of nitrogens with one attached hydrogen (secondary N) is 3. The van der Waals surface area contributed by atoms with Crippen LogP contribution in [-0.2, 0) is 25.0 Å². The van der Waals surface area contributed by atoms with Gasteiger partial charge in [0.25, 0.3) is 20.2 Å². The average Bonchev–Trinajstić information content (AvgIpc) is 3.24. The summed E-state index contributed by atoms with van der Waals surface area (Å²) in [5.41, 5.74) is -3.56. The van der Waals surface area contributed by atoms with E-state index in [9.17, 15) is 43.6 Å². The van der Waals surface area contributed by atoms with Gasteiger partial charge in [0.15, 0.2) is 0 Å². The Morgan fingerprint density at radius 1 is 1.20 bits per heavy atom. The highest BCUT2D eigenvalue weighted by atomic mass is 32.2. The van der Waals surface area contributed by atoms with Gasteiger partial charge < -0.3 is 9.47 Å². The number of amides is 1. The van der Waals surface area contributed by atoms with Crippen LogP contribution in [0, 0.1) is 6.92 Å². The number of carbonyl (C=O) groups is 1. The lowest BCUT2D eigenvalue weighted by molar-refractivity contribution is -0.242. The van der Waals surface area contributed by atoms with Crippen LogP contribution in [0.5, 0.6) is 5.75 Å². The van der Waals surface area contributed by atoms with Crippen molar-refractivity contribution in [1.29, 1.82) is 0 Å². The Hall–Kier alpha value is -3.23. The maximum atomic E-state index is 13.8. The molecule has 0 fully saturated rings. The van der Waals surface area contributed by atoms with Crippen LogP contribution in [0.25, 0.3) is 0 Å². The van der Waals surface area contributed by atoms with Gasteiger partial charge >= 0.3 is 18.8 Å². The second kappa shape index (κ2) is 11.2. The fraction of sp³-hybridized carbons (Fsp3) is 0.524. The zero-order valence-electron chi connectivity index (χ0n) is 22.2. The van der Waals surface area contributed by atoms with Crippen molar-refractivity contribution in [3.05, 3.63) is 30.1 Å². The van der Waals surface area contributed by atoms with Gasteiger partial charge in [0, 0.05) is 12.7 Å². The van der Waals surface area contributed by atoms with Crippen LogP contribution in [-0.4, -0.2) is 70.2 Å². The number of hydrogen-bond acceptors (Lipinski definition) is 8. The topological polar surface area (TPSA) is 161 Å². The Kier molecular flexibility index (Phi) is 8.83. The Labute approximate surface area is 232 Å². The van der Waals surface area contributed by atoms with Crippen LogP contribution in [0.4, 0.5) is 38.1 Å². The summed E-state index contributed by atoms with van der Waals surface area (Å²) in [6, 6.07) is 2.24. The predicted molar refractivity (Wildman–Crippen MR) is 134 cm³/mol. The number of rotatable bonds is 9. The van der Waals surface area contributed by atoms with E-state index < -0.39 is 68.2 Å². The summed E-state index contributed by atoms with van der Waals surface area (Å²) in [6.45, 7) is 0.225. The monoisotopic (exact) mass is 634 g/mol. The number of carbonyl (C=O) groups excluding carboxylic acids is 1. The molecule has 2 aromatic rings. The Bertz CT molecular complexity index is 1510. The van der Waals surface area contributed by atoms with Gasteiger partial charge in [-0.25, -0.2) is 22.6 Å². The summed E-state index contributed by atoms with van der Waals surface area (Å²) < 4.78 is 133. The lowest BCUT2D eigenvalue weighted by Crippen LogP contribution is -2.55. The molecule has 20 heteroatoms. The summed E-state index contributed by atoms with van der Waals surface area (Å²) in [5.74, 6) is -0.131. The summed E-state index contributed by atoms with van der Waals surface area (Å²) in [6.07, 6.45) is -6.92. The van der Waals surface area contributed by atoms with Gasteiger partial charge in [-0.05, 0) is 45.9 Å². The highest BCUT2D eigenvalue weighted by Crippen LogP contribution is 2.42. The van der Waals surface area contributed by atoms with E-state index in [0.29, 0.717) is 20.0 Å². The smallest absolute Gasteiger partial charge is 0.427 e. The summed E-state index contributed by atoms with van der Waals surface area (Å²) in [4.78, 5) is 11.6. The predicted octanol–water partition coefficient (Wildman–Crippen LogP) is 2.87. The number of aryl methyl sites for hydroxylation is 1. The van der Waals surface area contributed by atoms with E-state index in [1.54, 1.807) is 0 Å². The maximum Gasteiger partial charge on any atom is 0.427 e. The lowest BCUT2D eigenvalue weighted by atomic mass is 10.1. The number of sulfonamides is 1. The molecule has 0 radical (unpaired) electrons. The number of hydrogen-bond donors (Lipinski definition) is 3. The zero-order chi connectivity index (χ0) is 31.1. The van der Waals surface area contributed by atoms with E-state index >= 15 is 0 Å². The molecule has 2 heterocycles. The van der Waals surface area contributed by atoms with Crippen molar-refractivity contribution in [1.82, 2.24) is 19.2 Å². The Morgan fingerprint density at radius 2 is 1.83 bits per heavy atom. The SMILES string of the molecule is CNS(=O)(=O)NC[C@@H]1Oc2ccc(NC(=O)OC(C)(C)C(F)(F)F)cc2N(S(=O)(=O)c2cn(C(F)F)nc2C)[C@@H]1C. The van der Waals surface area contributed by atoms with Crippen LogP contribution in [0.2, 0.25) is 0 Å². The van der Waals surface area contributed by atoms with Crippen LogP contribution in [0.3, 0.4) is 0 Å². The third-order valence-electron chi connectivity index (χ3n) is 6.01. The summed E-state index contributed by atoms with van der Waals surface area (Å²) in [5, 5.41) is 5.61. The van der Waals surface area contributed by atoms with E-state index in [1.807, 2.05) is 4.72 Å². The molecular weight excluding hydrogens is 607 g/mol. The summed E-state index contributed by atoms with van der Waals surface area (Å²) >= 11 is 0. The highest BCUT2D eigenvalue weighted by Gasteiger charge is 2.51. The van der Waals surface area contributed by atoms with Gasteiger partial charge in [0.2, 0.25) is 5.60 Å². The molecular formula is C21H27F5N6O7S2. The number of fused-ring (bicyclic) bond motifs is 1. The quantitative estimate of drug-likeness (QED) is 0.355. The molecule has 0 saturated heterocycles. The zero-order valence-corrected chi connectivity index (χ0v) is 23.8. The van der Waals surface area contributed by atoms with Crippen LogP contribution in [0.1, 0.15) is 33.0 Å². The first-order chi connectivity index (χ1) is 18.7. The minimum absolute atomic E-state index is 0.131. The van der Waals surface area contributed by atoms with Gasteiger partial charge in [-0.3, -0.25) is 9.62 Å². The molecule has 13 nitrogen and oxygen atoms in total. The average molecular weight is 635 g/mol. The minimum atomic E-state index is -4.89. The van der Waals surface area contributed by atoms with Gasteiger partial charge in [-0.1, -0.05) is 0 Å². The van der Waals surface area contributed by atoms with E-state index in [1.165, 1.54) is 26.0 Å². The van der Waals surface area contributed by atoms with Crippen molar-refractivity contribution in [2.75, 3.05) is 23.2 Å². The van der Waals surface area contributed by atoms with E-state index in [2.05, 4.69) is 19.9 Å². The van der Waals surface area contributed by atoms with Crippen LogP contribution >= 0.6 is 0 Å². The second-order valence-corrected chi connectivity index (χ2v) is 12.8. The van der Waals surface area contributed by atoms with Crippen molar-refractivity contribution in [2.45, 2.75) is 63.1 Å². The molecule has 1 aliphatic heterocycles. The normalized spacial score (nSPS) is 18.2. The number of ether oxygens (including phenoxy) is 2.